The van der Waals surface area contributed by atoms with Crippen LogP contribution < -0.4 is 18.9 Å². The minimum absolute atomic E-state index is 0.237. The summed E-state index contributed by atoms with van der Waals surface area (Å²) < 4.78 is 21.6. The molecule has 0 aliphatic rings. The van der Waals surface area contributed by atoms with Gasteiger partial charge < -0.3 is 18.9 Å². The van der Waals surface area contributed by atoms with Gasteiger partial charge in [-0.25, -0.2) is 0 Å². The summed E-state index contributed by atoms with van der Waals surface area (Å²) in [5.41, 5.74) is 5.07. The van der Waals surface area contributed by atoms with Gasteiger partial charge in [0.15, 0.2) is 0 Å². The van der Waals surface area contributed by atoms with Crippen molar-refractivity contribution in [3.8, 4) is 23.0 Å². The molecule has 4 heteroatoms. The maximum absolute atomic E-state index is 5.40. The van der Waals surface area contributed by atoms with Crippen LogP contribution in [0, 0.1) is 0 Å². The van der Waals surface area contributed by atoms with Crippen molar-refractivity contribution in [1.29, 1.82) is 0 Å². The van der Waals surface area contributed by atoms with Gasteiger partial charge in [-0.05, 0) is 83.6 Å². The van der Waals surface area contributed by atoms with Crippen LogP contribution in [0.3, 0.4) is 0 Å². The quantitative estimate of drug-likeness (QED) is 0.222. The second kappa shape index (κ2) is 12.2. The minimum Gasteiger partial charge on any atom is -0.497 e. The Labute approximate surface area is 214 Å². The Morgan fingerprint density at radius 1 is 0.361 bits per heavy atom. The summed E-state index contributed by atoms with van der Waals surface area (Å²) in [6.07, 6.45) is 1.95. The van der Waals surface area contributed by atoms with Crippen LogP contribution in [0.5, 0.6) is 23.0 Å². The molecule has 0 saturated heterocycles. The molecular formula is C32H34O4. The topological polar surface area (TPSA) is 36.9 Å². The predicted octanol–water partition coefficient (Wildman–Crippen LogP) is 7.47. The summed E-state index contributed by atoms with van der Waals surface area (Å²) in [4.78, 5) is 0. The predicted molar refractivity (Wildman–Crippen MR) is 145 cm³/mol. The lowest BCUT2D eigenvalue weighted by Gasteiger charge is -2.24. The van der Waals surface area contributed by atoms with Crippen LogP contribution >= 0.6 is 0 Å². The van der Waals surface area contributed by atoms with Crippen LogP contribution in [-0.4, -0.2) is 28.4 Å². The molecule has 0 bridgehead atoms. The zero-order chi connectivity index (χ0) is 25.3. The zero-order valence-electron chi connectivity index (χ0n) is 21.4. The van der Waals surface area contributed by atoms with Crippen LogP contribution in [0.2, 0.25) is 0 Å². The monoisotopic (exact) mass is 482 g/mol. The number of ether oxygens (including phenoxy) is 4. The number of hydrogen-bond acceptors (Lipinski definition) is 4. The normalized spacial score (nSPS) is 10.9. The van der Waals surface area contributed by atoms with Gasteiger partial charge >= 0.3 is 0 Å². The third-order valence-corrected chi connectivity index (χ3v) is 6.82. The number of rotatable bonds is 11. The molecule has 4 nitrogen and oxygen atoms in total. The molecule has 0 unspecified atom stereocenters. The fraction of sp³-hybridized carbons (Fsp3) is 0.250. The van der Waals surface area contributed by atoms with Crippen LogP contribution in [0.15, 0.2) is 97.1 Å². The van der Waals surface area contributed by atoms with E-state index in [0.29, 0.717) is 0 Å². The largest absolute Gasteiger partial charge is 0.497 e. The first-order valence-corrected chi connectivity index (χ1v) is 12.2. The Morgan fingerprint density at radius 2 is 0.556 bits per heavy atom. The van der Waals surface area contributed by atoms with E-state index in [9.17, 15) is 0 Å². The lowest BCUT2D eigenvalue weighted by molar-refractivity contribution is 0.414. The fourth-order valence-corrected chi connectivity index (χ4v) is 4.73. The Balaban J connectivity index is 1.67. The van der Waals surface area contributed by atoms with Gasteiger partial charge in [0.25, 0.3) is 0 Å². The van der Waals surface area contributed by atoms with Crippen LogP contribution in [0.25, 0.3) is 0 Å². The van der Waals surface area contributed by atoms with Crippen LogP contribution in [0.4, 0.5) is 0 Å². The highest BCUT2D eigenvalue weighted by atomic mass is 16.5. The first-order chi connectivity index (χ1) is 17.6. The summed E-state index contributed by atoms with van der Waals surface area (Å²) in [6.45, 7) is 0. The van der Waals surface area contributed by atoms with E-state index in [4.69, 9.17) is 18.9 Å². The Kier molecular flexibility index (Phi) is 8.51. The standard InChI is InChI=1S/C32H34O4/c1-33-27-13-5-23(6-14-27)31(24-7-15-28(34-2)16-8-24)21-22-32(25-9-17-29(35-3)18-10-25)26-11-19-30(36-4)20-12-26/h5-20,31-32H,21-22H2,1-4H3. The van der Waals surface area contributed by atoms with Crippen LogP contribution in [-0.2, 0) is 0 Å². The van der Waals surface area contributed by atoms with Gasteiger partial charge in [0.1, 0.15) is 23.0 Å². The SMILES string of the molecule is COc1ccc(C(CCC(c2ccc(OC)cc2)c2ccc(OC)cc2)c2ccc(OC)cc2)cc1. The Bertz CT molecular complexity index is 1000. The van der Waals surface area contributed by atoms with E-state index in [1.165, 1.54) is 22.3 Å². The molecule has 0 aromatic heterocycles. The highest BCUT2D eigenvalue weighted by Crippen LogP contribution is 2.38. The van der Waals surface area contributed by atoms with E-state index in [1.54, 1.807) is 28.4 Å². The molecule has 0 amide bonds. The lowest BCUT2D eigenvalue weighted by atomic mass is 9.81. The van der Waals surface area contributed by atoms with E-state index in [1.807, 2.05) is 48.5 Å². The molecular weight excluding hydrogens is 448 g/mol. The zero-order valence-corrected chi connectivity index (χ0v) is 21.4. The molecule has 0 heterocycles. The second-order valence-electron chi connectivity index (χ2n) is 8.78. The van der Waals surface area contributed by atoms with Crippen molar-refractivity contribution in [3.05, 3.63) is 119 Å². The molecule has 0 atom stereocenters. The fourth-order valence-electron chi connectivity index (χ4n) is 4.73. The Morgan fingerprint density at radius 3 is 0.722 bits per heavy atom. The van der Waals surface area contributed by atoms with Crippen LogP contribution in [0.1, 0.15) is 46.9 Å². The smallest absolute Gasteiger partial charge is 0.118 e. The summed E-state index contributed by atoms with van der Waals surface area (Å²) in [5.74, 6) is 3.92. The highest BCUT2D eigenvalue weighted by Gasteiger charge is 2.20. The molecule has 0 fully saturated rings. The molecule has 4 aromatic carbocycles. The van der Waals surface area contributed by atoms with Gasteiger partial charge in [0.05, 0.1) is 28.4 Å². The van der Waals surface area contributed by atoms with Gasteiger partial charge in [-0.1, -0.05) is 48.5 Å². The second-order valence-corrected chi connectivity index (χ2v) is 8.78. The molecule has 4 aromatic rings. The summed E-state index contributed by atoms with van der Waals surface area (Å²) in [5, 5.41) is 0. The first-order valence-electron chi connectivity index (χ1n) is 12.2. The van der Waals surface area contributed by atoms with Crippen molar-refractivity contribution in [2.24, 2.45) is 0 Å². The van der Waals surface area contributed by atoms with Crippen molar-refractivity contribution < 1.29 is 18.9 Å². The molecule has 0 spiro atoms. The lowest BCUT2D eigenvalue weighted by Crippen LogP contribution is -2.07. The van der Waals surface area contributed by atoms with Crippen molar-refractivity contribution >= 4 is 0 Å². The number of benzene rings is 4. The summed E-state index contributed by atoms with van der Waals surface area (Å²) in [7, 11) is 6.79. The molecule has 0 aliphatic heterocycles. The number of methoxy groups -OCH3 is 4. The van der Waals surface area contributed by atoms with E-state index < -0.39 is 0 Å². The van der Waals surface area contributed by atoms with Gasteiger partial charge in [-0.3, -0.25) is 0 Å². The molecule has 0 saturated carbocycles. The van der Waals surface area contributed by atoms with E-state index in [2.05, 4.69) is 48.5 Å². The Hall–Kier alpha value is -3.92. The average molecular weight is 483 g/mol. The van der Waals surface area contributed by atoms with Gasteiger partial charge in [-0.2, -0.15) is 0 Å². The van der Waals surface area contributed by atoms with Gasteiger partial charge in [0, 0.05) is 11.8 Å². The average Bonchev–Trinajstić information content (AvgIpc) is 2.96. The summed E-state index contributed by atoms with van der Waals surface area (Å²) >= 11 is 0. The molecule has 0 N–H and O–H groups in total. The van der Waals surface area contributed by atoms with Crippen molar-refractivity contribution in [2.75, 3.05) is 28.4 Å². The van der Waals surface area contributed by atoms with Crippen molar-refractivity contribution in [3.63, 3.8) is 0 Å². The highest BCUT2D eigenvalue weighted by molar-refractivity contribution is 5.41. The molecule has 0 radical (unpaired) electrons. The van der Waals surface area contributed by atoms with Crippen molar-refractivity contribution in [1.82, 2.24) is 0 Å². The van der Waals surface area contributed by atoms with Gasteiger partial charge in [0.2, 0.25) is 0 Å². The van der Waals surface area contributed by atoms with E-state index >= 15 is 0 Å². The third kappa shape index (κ3) is 6.01. The maximum Gasteiger partial charge on any atom is 0.118 e. The van der Waals surface area contributed by atoms with Crippen molar-refractivity contribution in [2.45, 2.75) is 24.7 Å². The van der Waals surface area contributed by atoms with E-state index in [0.717, 1.165) is 35.8 Å². The maximum atomic E-state index is 5.40. The molecule has 36 heavy (non-hydrogen) atoms. The molecule has 186 valence electrons. The van der Waals surface area contributed by atoms with E-state index in [-0.39, 0.29) is 11.8 Å². The third-order valence-electron chi connectivity index (χ3n) is 6.82. The molecule has 4 rings (SSSR count). The molecule has 0 aliphatic carbocycles. The first kappa shape index (κ1) is 25.2. The number of hydrogen-bond donors (Lipinski definition) is 0. The minimum atomic E-state index is 0.237. The van der Waals surface area contributed by atoms with Gasteiger partial charge in [-0.15, -0.1) is 0 Å². The summed E-state index contributed by atoms with van der Waals surface area (Å²) in [6, 6.07) is 33.7.